The molecule has 0 aliphatic heterocycles. The minimum atomic E-state index is -0.921. The van der Waals surface area contributed by atoms with E-state index in [0.29, 0.717) is 5.56 Å². The number of nitrogens with zero attached hydrogens (tertiary/aromatic N) is 1. The lowest BCUT2D eigenvalue weighted by Crippen LogP contribution is -2.44. The van der Waals surface area contributed by atoms with E-state index in [1.807, 2.05) is 30.3 Å². The van der Waals surface area contributed by atoms with Crippen molar-refractivity contribution >= 4 is 12.0 Å². The van der Waals surface area contributed by atoms with Crippen LogP contribution < -0.4 is 10.6 Å². The summed E-state index contributed by atoms with van der Waals surface area (Å²) in [6, 6.07) is 24.0. The van der Waals surface area contributed by atoms with Crippen molar-refractivity contribution in [2.45, 2.75) is 24.9 Å². The Morgan fingerprint density at radius 2 is 1.48 bits per heavy atom. The lowest BCUT2D eigenvalue weighted by atomic mass is 9.98. The van der Waals surface area contributed by atoms with E-state index in [1.165, 1.54) is 0 Å². The van der Waals surface area contributed by atoms with Gasteiger partial charge in [0.2, 0.25) is 12.5 Å². The van der Waals surface area contributed by atoms with Crippen molar-refractivity contribution in [1.82, 2.24) is 10.6 Å². The monoisotopic (exact) mass is 439 g/mol. The summed E-state index contributed by atoms with van der Waals surface area (Å²) in [4.78, 5) is 28.9. The lowest BCUT2D eigenvalue weighted by molar-refractivity contribution is -0.123. The van der Waals surface area contributed by atoms with Gasteiger partial charge in [0.1, 0.15) is 12.6 Å². The van der Waals surface area contributed by atoms with E-state index < -0.39 is 12.1 Å². The minimum Gasteiger partial charge on any atom is -0.449 e. The predicted octanol–water partition coefficient (Wildman–Crippen LogP) is 4.69. The van der Waals surface area contributed by atoms with E-state index >= 15 is 0 Å². The number of hydrogen-bond acceptors (Lipinski definition) is 3. The van der Waals surface area contributed by atoms with Crippen molar-refractivity contribution in [3.05, 3.63) is 107 Å². The van der Waals surface area contributed by atoms with Crippen LogP contribution in [0.2, 0.25) is 0 Å². The third-order valence-electron chi connectivity index (χ3n) is 5.75. The van der Waals surface area contributed by atoms with Crippen molar-refractivity contribution in [3.63, 3.8) is 0 Å². The fourth-order valence-corrected chi connectivity index (χ4v) is 4.21. The summed E-state index contributed by atoms with van der Waals surface area (Å²) in [5, 5.41) is 5.49. The largest absolute Gasteiger partial charge is 0.449 e. The number of rotatable bonds is 7. The van der Waals surface area contributed by atoms with Crippen LogP contribution in [0.3, 0.4) is 0 Å². The maximum atomic E-state index is 12.9. The molecule has 0 radical (unpaired) electrons. The molecule has 33 heavy (non-hydrogen) atoms. The maximum Gasteiger partial charge on any atom is 0.408 e. The Morgan fingerprint density at radius 3 is 2.09 bits per heavy atom. The molecule has 2 amide bonds. The molecule has 1 aliphatic rings. The van der Waals surface area contributed by atoms with Crippen molar-refractivity contribution in [2.24, 2.45) is 0 Å². The molecule has 1 aliphatic carbocycles. The standard InChI is InChI=1S/C27H25N3O3/c1-18(16-28-2)29-26(31)25(19-10-4-3-5-11-19)30-27(32)33-17-24-22-14-8-6-12-20(22)21-13-7-9-15-23(21)24/h3-15,18,24-25H,16-17H2,1H3,(H,29,31)(H,30,32)/t18-,25+/m0/s1. The van der Waals surface area contributed by atoms with Crippen LogP contribution in [-0.2, 0) is 9.53 Å². The summed E-state index contributed by atoms with van der Waals surface area (Å²) >= 11 is 0. The number of alkyl carbamates (subject to hydrolysis) is 1. The van der Waals surface area contributed by atoms with Crippen LogP contribution in [0.15, 0.2) is 78.9 Å². The second kappa shape index (κ2) is 10.0. The quantitative estimate of drug-likeness (QED) is 0.525. The number of ether oxygens (including phenoxy) is 1. The number of amides is 2. The maximum absolute atomic E-state index is 12.9. The number of nitrogens with one attached hydrogen (secondary N) is 2. The molecule has 6 heteroatoms. The highest BCUT2D eigenvalue weighted by Crippen LogP contribution is 2.44. The normalized spacial score (nSPS) is 13.7. The zero-order chi connectivity index (χ0) is 23.2. The van der Waals surface area contributed by atoms with Gasteiger partial charge < -0.3 is 20.2 Å². The van der Waals surface area contributed by atoms with Gasteiger partial charge in [-0.1, -0.05) is 78.9 Å². The van der Waals surface area contributed by atoms with Crippen molar-refractivity contribution in [1.29, 1.82) is 0 Å². The summed E-state index contributed by atoms with van der Waals surface area (Å²) in [5.74, 6) is -0.448. The first-order valence-corrected chi connectivity index (χ1v) is 10.9. The molecule has 6 nitrogen and oxygen atoms in total. The van der Waals surface area contributed by atoms with Crippen LogP contribution in [0.1, 0.15) is 35.6 Å². The minimum absolute atomic E-state index is 0.0640. The average Bonchev–Trinajstić information content (AvgIpc) is 3.15. The molecule has 4 rings (SSSR count). The molecule has 0 bridgehead atoms. The first-order valence-electron chi connectivity index (χ1n) is 10.9. The van der Waals surface area contributed by atoms with Gasteiger partial charge in [-0.2, -0.15) is 0 Å². The summed E-state index contributed by atoms with van der Waals surface area (Å²) in [5.41, 5.74) is 5.18. The molecule has 3 aromatic carbocycles. The molecule has 0 saturated carbocycles. The van der Waals surface area contributed by atoms with E-state index in [1.54, 1.807) is 31.2 Å². The van der Waals surface area contributed by atoms with Crippen molar-refractivity contribution in [3.8, 4) is 11.1 Å². The topological polar surface area (TPSA) is 71.8 Å². The van der Waals surface area contributed by atoms with Gasteiger partial charge in [-0.15, -0.1) is 0 Å². The molecule has 0 heterocycles. The van der Waals surface area contributed by atoms with E-state index in [4.69, 9.17) is 11.3 Å². The zero-order valence-electron chi connectivity index (χ0n) is 18.3. The van der Waals surface area contributed by atoms with Crippen LogP contribution in [0, 0.1) is 6.57 Å². The van der Waals surface area contributed by atoms with Crippen LogP contribution in [0.5, 0.6) is 0 Å². The van der Waals surface area contributed by atoms with Crippen molar-refractivity contribution < 1.29 is 14.3 Å². The molecule has 0 aromatic heterocycles. The molecular weight excluding hydrogens is 414 g/mol. The summed E-state index contributed by atoms with van der Waals surface area (Å²) in [6.07, 6.45) is -0.668. The summed E-state index contributed by atoms with van der Waals surface area (Å²) in [6.45, 7) is 9.07. The van der Waals surface area contributed by atoms with Crippen molar-refractivity contribution in [2.75, 3.05) is 13.2 Å². The number of fused-ring (bicyclic) bond motifs is 3. The highest BCUT2D eigenvalue weighted by atomic mass is 16.5. The Balaban J connectivity index is 1.47. The molecule has 0 unspecified atom stereocenters. The Kier molecular flexibility index (Phi) is 6.70. The van der Waals surface area contributed by atoms with Crippen LogP contribution >= 0.6 is 0 Å². The first-order chi connectivity index (χ1) is 16.1. The van der Waals surface area contributed by atoms with Gasteiger partial charge in [0.05, 0.1) is 6.04 Å². The second-order valence-corrected chi connectivity index (χ2v) is 8.06. The Hall–Kier alpha value is -4.11. The number of carbonyl (C=O) groups is 2. The first kappa shape index (κ1) is 22.1. The van der Waals surface area contributed by atoms with Gasteiger partial charge in [0, 0.05) is 5.92 Å². The van der Waals surface area contributed by atoms with Gasteiger partial charge in [0.25, 0.3) is 0 Å². The highest BCUT2D eigenvalue weighted by Gasteiger charge is 2.30. The molecule has 0 fully saturated rings. The molecular formula is C27H25N3O3. The Bertz CT molecular complexity index is 1140. The molecule has 0 saturated heterocycles. The molecule has 2 atom stereocenters. The molecule has 0 spiro atoms. The fourth-order valence-electron chi connectivity index (χ4n) is 4.21. The number of hydrogen-bond donors (Lipinski definition) is 2. The van der Waals surface area contributed by atoms with Gasteiger partial charge in [-0.05, 0) is 34.7 Å². The van der Waals surface area contributed by atoms with Crippen LogP contribution in [0.25, 0.3) is 16.0 Å². The summed E-state index contributed by atoms with van der Waals surface area (Å²) in [7, 11) is 0. The third-order valence-corrected chi connectivity index (χ3v) is 5.75. The molecule has 3 aromatic rings. The van der Waals surface area contributed by atoms with Gasteiger partial charge in [-0.3, -0.25) is 4.79 Å². The Morgan fingerprint density at radius 1 is 0.909 bits per heavy atom. The molecule has 166 valence electrons. The molecule has 2 N–H and O–H groups in total. The van der Waals surface area contributed by atoms with Crippen LogP contribution in [0.4, 0.5) is 4.79 Å². The SMILES string of the molecule is [C-]#[N+]C[C@H](C)NC(=O)[C@H](NC(=O)OCC1c2ccccc2-c2ccccc21)c1ccccc1. The summed E-state index contributed by atoms with van der Waals surface area (Å²) < 4.78 is 5.62. The van der Waals surface area contributed by atoms with E-state index in [9.17, 15) is 9.59 Å². The number of carbonyl (C=O) groups excluding carboxylic acids is 2. The smallest absolute Gasteiger partial charge is 0.408 e. The fraction of sp³-hybridized carbons (Fsp3) is 0.222. The average molecular weight is 440 g/mol. The van der Waals surface area contributed by atoms with Crippen LogP contribution in [-0.4, -0.2) is 31.2 Å². The number of benzene rings is 3. The van der Waals surface area contributed by atoms with E-state index in [2.05, 4.69) is 39.7 Å². The Labute approximate surface area is 193 Å². The zero-order valence-corrected chi connectivity index (χ0v) is 18.3. The van der Waals surface area contributed by atoms with Gasteiger partial charge in [-0.25, -0.2) is 11.4 Å². The predicted molar refractivity (Wildman–Crippen MR) is 126 cm³/mol. The lowest BCUT2D eigenvalue weighted by Gasteiger charge is -2.21. The highest BCUT2D eigenvalue weighted by molar-refractivity contribution is 5.87. The van der Waals surface area contributed by atoms with Gasteiger partial charge >= 0.3 is 6.09 Å². The van der Waals surface area contributed by atoms with E-state index in [-0.39, 0.29) is 31.0 Å². The second-order valence-electron chi connectivity index (χ2n) is 8.06. The van der Waals surface area contributed by atoms with E-state index in [0.717, 1.165) is 22.3 Å². The van der Waals surface area contributed by atoms with Gasteiger partial charge in [0.15, 0.2) is 0 Å². The third kappa shape index (κ3) is 4.88.